The Kier molecular flexibility index (Phi) is 9.06. The van der Waals surface area contributed by atoms with Crippen LogP contribution in [0.25, 0.3) is 6.08 Å². The quantitative estimate of drug-likeness (QED) is 0.481. The number of halogens is 1. The molecule has 1 rings (SSSR count). The molecule has 0 amide bonds. The van der Waals surface area contributed by atoms with Crippen LogP contribution in [0.3, 0.4) is 0 Å². The molecule has 0 aromatic carbocycles. The Morgan fingerprint density at radius 2 is 2.17 bits per heavy atom. The van der Waals surface area contributed by atoms with Crippen LogP contribution < -0.4 is 12.4 Å². The van der Waals surface area contributed by atoms with E-state index in [1.807, 2.05) is 0 Å². The largest absolute Gasteiger partial charge is 1.00 e. The molecule has 102 valence electrons. The molecule has 0 aliphatic heterocycles. The van der Waals surface area contributed by atoms with E-state index in [-0.39, 0.29) is 18.4 Å². The fourth-order valence-corrected chi connectivity index (χ4v) is 1.40. The second kappa shape index (κ2) is 9.74. The molecule has 0 N–H and O–H groups in total. The third-order valence-electron chi connectivity index (χ3n) is 2.47. The van der Waals surface area contributed by atoms with Gasteiger partial charge in [-0.25, -0.2) is 4.79 Å². The van der Waals surface area contributed by atoms with E-state index < -0.39 is 0 Å². The van der Waals surface area contributed by atoms with Crippen LogP contribution in [-0.2, 0) is 9.53 Å². The number of nitrogens with zero attached hydrogens (tertiary/aromatic N) is 1. The highest BCUT2D eigenvalue weighted by Crippen LogP contribution is 2.02. The van der Waals surface area contributed by atoms with Gasteiger partial charge in [-0.15, -0.1) is 0 Å². The predicted molar refractivity (Wildman–Crippen MR) is 66.5 cm³/mol. The summed E-state index contributed by atoms with van der Waals surface area (Å²) < 4.78 is 10.1. The first-order chi connectivity index (χ1) is 8.26. The highest BCUT2D eigenvalue weighted by atomic mass is 35.5. The first-order valence-electron chi connectivity index (χ1n) is 5.87. The maximum atomic E-state index is 11.3. The number of carbonyl (C=O) groups excluding carboxylic acids is 1. The van der Waals surface area contributed by atoms with Crippen molar-refractivity contribution in [2.75, 3.05) is 26.2 Å². The monoisotopic (exact) mass is 272 g/mol. The van der Waals surface area contributed by atoms with Crippen LogP contribution in [0.2, 0.25) is 0 Å². The van der Waals surface area contributed by atoms with Gasteiger partial charge in [-0.1, -0.05) is 13.8 Å². The van der Waals surface area contributed by atoms with Crippen molar-refractivity contribution in [1.29, 1.82) is 0 Å². The molecule has 0 fully saturated rings. The zero-order valence-corrected chi connectivity index (χ0v) is 11.5. The summed E-state index contributed by atoms with van der Waals surface area (Å²) in [7, 11) is 0. The fourth-order valence-electron chi connectivity index (χ4n) is 1.40. The van der Waals surface area contributed by atoms with E-state index >= 15 is 0 Å². The van der Waals surface area contributed by atoms with Crippen molar-refractivity contribution in [2.45, 2.75) is 13.8 Å². The Morgan fingerprint density at radius 3 is 2.72 bits per heavy atom. The van der Waals surface area contributed by atoms with E-state index in [9.17, 15) is 4.79 Å². The molecule has 0 radical (unpaired) electrons. The summed E-state index contributed by atoms with van der Waals surface area (Å²) in [6.07, 6.45) is 4.53. The van der Waals surface area contributed by atoms with Gasteiger partial charge in [0.05, 0.1) is 6.26 Å². The lowest BCUT2D eigenvalue weighted by Gasteiger charge is -2.16. The van der Waals surface area contributed by atoms with Crippen LogP contribution in [0.1, 0.15) is 19.6 Å². The molecular formula is C13H19ClNO3-. The fraction of sp³-hybridized carbons (Fsp3) is 0.462. The topological polar surface area (TPSA) is 42.7 Å². The number of likely N-dealkylation sites (N-methyl/N-ethyl adjacent to an activating group) is 1. The molecule has 18 heavy (non-hydrogen) atoms. The molecule has 1 aromatic heterocycles. The number of ether oxygens (including phenoxy) is 1. The minimum Gasteiger partial charge on any atom is -1.00 e. The highest BCUT2D eigenvalue weighted by Gasteiger charge is 2.01. The van der Waals surface area contributed by atoms with Gasteiger partial charge in [0, 0.05) is 12.6 Å². The molecule has 5 heteroatoms. The molecule has 0 saturated carbocycles. The molecular weight excluding hydrogens is 254 g/mol. The molecule has 1 aromatic rings. The Morgan fingerprint density at radius 1 is 1.44 bits per heavy atom. The van der Waals surface area contributed by atoms with E-state index in [0.717, 1.165) is 19.6 Å². The molecule has 0 spiro atoms. The summed E-state index contributed by atoms with van der Waals surface area (Å²) in [5.74, 6) is 0.305. The van der Waals surface area contributed by atoms with E-state index in [0.29, 0.717) is 12.4 Å². The van der Waals surface area contributed by atoms with E-state index in [1.165, 1.54) is 6.08 Å². The minimum absolute atomic E-state index is 0. The molecule has 0 unspecified atom stereocenters. The molecule has 0 atom stereocenters. The van der Waals surface area contributed by atoms with Gasteiger partial charge < -0.3 is 26.5 Å². The molecule has 1 heterocycles. The van der Waals surface area contributed by atoms with Crippen molar-refractivity contribution in [2.24, 2.45) is 0 Å². The normalized spacial score (nSPS) is 10.6. The smallest absolute Gasteiger partial charge is 0.330 e. The van der Waals surface area contributed by atoms with Crippen molar-refractivity contribution in [3.05, 3.63) is 30.2 Å². The van der Waals surface area contributed by atoms with Crippen molar-refractivity contribution in [3.8, 4) is 0 Å². The van der Waals surface area contributed by atoms with Crippen LogP contribution in [0.5, 0.6) is 0 Å². The molecule has 4 nitrogen and oxygen atoms in total. The maximum absolute atomic E-state index is 11.3. The summed E-state index contributed by atoms with van der Waals surface area (Å²) in [5.41, 5.74) is 0. The SMILES string of the molecule is CCN(CC)CCOC(=O)/C=C/c1ccco1.[Cl-]. The van der Waals surface area contributed by atoms with Gasteiger partial charge in [0.15, 0.2) is 0 Å². The number of rotatable bonds is 7. The van der Waals surface area contributed by atoms with Crippen molar-refractivity contribution in [3.63, 3.8) is 0 Å². The third-order valence-corrected chi connectivity index (χ3v) is 2.47. The minimum atomic E-state index is -0.339. The second-order valence-corrected chi connectivity index (χ2v) is 3.54. The van der Waals surface area contributed by atoms with Gasteiger partial charge in [0.2, 0.25) is 0 Å². The van der Waals surface area contributed by atoms with E-state index in [1.54, 1.807) is 24.5 Å². The van der Waals surface area contributed by atoms with Gasteiger partial charge in [-0.2, -0.15) is 0 Å². The average molecular weight is 273 g/mol. The number of hydrogen-bond acceptors (Lipinski definition) is 4. The lowest BCUT2D eigenvalue weighted by molar-refractivity contribution is -0.138. The van der Waals surface area contributed by atoms with Crippen LogP contribution in [0, 0.1) is 0 Å². The zero-order valence-electron chi connectivity index (χ0n) is 10.8. The summed E-state index contributed by atoms with van der Waals surface area (Å²) in [5, 5.41) is 0. The summed E-state index contributed by atoms with van der Waals surface area (Å²) in [4.78, 5) is 13.5. The van der Waals surface area contributed by atoms with E-state index in [4.69, 9.17) is 9.15 Å². The van der Waals surface area contributed by atoms with E-state index in [2.05, 4.69) is 18.7 Å². The van der Waals surface area contributed by atoms with Crippen molar-refractivity contribution >= 4 is 12.0 Å². The van der Waals surface area contributed by atoms with Crippen LogP contribution in [0.4, 0.5) is 0 Å². The lowest BCUT2D eigenvalue weighted by Crippen LogP contribution is -3.00. The summed E-state index contributed by atoms with van der Waals surface area (Å²) in [6.45, 7) is 7.30. The average Bonchev–Trinajstić information content (AvgIpc) is 2.85. The highest BCUT2D eigenvalue weighted by molar-refractivity contribution is 5.86. The van der Waals surface area contributed by atoms with Crippen LogP contribution in [0.15, 0.2) is 28.9 Å². The standard InChI is InChI=1S/C13H19NO3.ClH/c1-3-14(4-2)9-11-17-13(15)8-7-12-6-5-10-16-12;/h5-8,10H,3-4,9,11H2,1-2H3;1H/p-1/b8-7+;. The van der Waals surface area contributed by atoms with Gasteiger partial charge >= 0.3 is 5.97 Å². The number of carbonyl (C=O) groups is 1. The molecule has 0 aliphatic rings. The maximum Gasteiger partial charge on any atom is 0.330 e. The molecule has 0 bridgehead atoms. The Bertz CT molecular complexity index is 345. The van der Waals surface area contributed by atoms with Gasteiger partial charge in [-0.3, -0.25) is 0 Å². The van der Waals surface area contributed by atoms with Crippen molar-refractivity contribution < 1.29 is 26.4 Å². The number of hydrogen-bond donors (Lipinski definition) is 0. The predicted octanol–water partition coefficient (Wildman–Crippen LogP) is -0.818. The Balaban J connectivity index is 0.00000289. The first-order valence-corrected chi connectivity index (χ1v) is 5.87. The van der Waals surface area contributed by atoms with Gasteiger partial charge in [0.1, 0.15) is 12.4 Å². The van der Waals surface area contributed by atoms with Crippen molar-refractivity contribution in [1.82, 2.24) is 4.90 Å². The lowest BCUT2D eigenvalue weighted by atomic mass is 10.4. The molecule has 0 saturated heterocycles. The Labute approximate surface area is 114 Å². The number of esters is 1. The molecule has 0 aliphatic carbocycles. The third kappa shape index (κ3) is 6.47. The van der Waals surface area contributed by atoms with Crippen LogP contribution >= 0.6 is 0 Å². The van der Waals surface area contributed by atoms with Crippen LogP contribution in [-0.4, -0.2) is 37.1 Å². The summed E-state index contributed by atoms with van der Waals surface area (Å²) >= 11 is 0. The van der Waals surface area contributed by atoms with Gasteiger partial charge in [0.25, 0.3) is 0 Å². The Hall–Kier alpha value is -1.26. The second-order valence-electron chi connectivity index (χ2n) is 3.54. The first kappa shape index (κ1) is 16.7. The summed E-state index contributed by atoms with van der Waals surface area (Å²) in [6, 6.07) is 3.55. The zero-order chi connectivity index (χ0) is 12.5. The number of furan rings is 1. The van der Waals surface area contributed by atoms with Gasteiger partial charge in [-0.05, 0) is 31.3 Å².